The maximum Gasteiger partial charge on any atom is 0.271 e. The van der Waals surface area contributed by atoms with Gasteiger partial charge < -0.3 is 11.1 Å². The maximum atomic E-state index is 11.4. The first kappa shape index (κ1) is 10.7. The van der Waals surface area contributed by atoms with Crippen molar-refractivity contribution in [3.8, 4) is 0 Å². The highest BCUT2D eigenvalue weighted by Crippen LogP contribution is 1.96. The van der Waals surface area contributed by atoms with Gasteiger partial charge in [0.1, 0.15) is 5.69 Å². The molecular weight excluding hydrogens is 180 g/mol. The smallest absolute Gasteiger partial charge is 0.271 e. The lowest BCUT2D eigenvalue weighted by Gasteiger charge is -1.99. The molecule has 14 heavy (non-hydrogen) atoms. The zero-order valence-corrected chi connectivity index (χ0v) is 8.36. The average molecular weight is 196 g/mol. The average Bonchev–Trinajstić information content (AvgIpc) is 2.63. The van der Waals surface area contributed by atoms with Crippen LogP contribution in [0.1, 0.15) is 23.8 Å². The van der Waals surface area contributed by atoms with Crippen molar-refractivity contribution in [2.45, 2.75) is 19.9 Å². The molecule has 0 saturated heterocycles. The highest BCUT2D eigenvalue weighted by atomic mass is 16.1. The SMILES string of the molecule is CCCn1ccc(C(=O)NCCN)n1. The Morgan fingerprint density at radius 1 is 1.71 bits per heavy atom. The number of hydrogen-bond donors (Lipinski definition) is 2. The van der Waals surface area contributed by atoms with Gasteiger partial charge in [0.05, 0.1) is 0 Å². The Bertz CT molecular complexity index is 295. The van der Waals surface area contributed by atoms with Crippen molar-refractivity contribution in [3.05, 3.63) is 18.0 Å². The summed E-state index contributed by atoms with van der Waals surface area (Å²) in [4.78, 5) is 11.4. The van der Waals surface area contributed by atoms with Crippen LogP contribution in [0.25, 0.3) is 0 Å². The van der Waals surface area contributed by atoms with E-state index in [9.17, 15) is 4.79 Å². The van der Waals surface area contributed by atoms with Gasteiger partial charge in [-0.1, -0.05) is 6.92 Å². The summed E-state index contributed by atoms with van der Waals surface area (Å²) in [5, 5.41) is 6.78. The van der Waals surface area contributed by atoms with E-state index < -0.39 is 0 Å². The Kier molecular flexibility index (Phi) is 4.12. The Balaban J connectivity index is 2.53. The first-order chi connectivity index (χ1) is 6.77. The van der Waals surface area contributed by atoms with Crippen LogP contribution in [0, 0.1) is 0 Å². The second-order valence-electron chi connectivity index (χ2n) is 3.01. The quantitative estimate of drug-likeness (QED) is 0.695. The van der Waals surface area contributed by atoms with Crippen molar-refractivity contribution in [1.82, 2.24) is 15.1 Å². The minimum Gasteiger partial charge on any atom is -0.349 e. The lowest BCUT2D eigenvalue weighted by Crippen LogP contribution is -2.29. The van der Waals surface area contributed by atoms with Crippen LogP contribution in [0.2, 0.25) is 0 Å². The summed E-state index contributed by atoms with van der Waals surface area (Å²) in [5.41, 5.74) is 5.72. The zero-order valence-electron chi connectivity index (χ0n) is 8.36. The standard InChI is InChI=1S/C9H16N4O/c1-2-6-13-7-3-8(12-13)9(14)11-5-4-10/h3,7H,2,4-6,10H2,1H3,(H,11,14). The van der Waals surface area contributed by atoms with E-state index in [1.54, 1.807) is 16.9 Å². The molecule has 5 heteroatoms. The van der Waals surface area contributed by atoms with Gasteiger partial charge in [-0.05, 0) is 12.5 Å². The van der Waals surface area contributed by atoms with Crippen molar-refractivity contribution in [3.63, 3.8) is 0 Å². The first-order valence-electron chi connectivity index (χ1n) is 4.79. The normalized spacial score (nSPS) is 10.1. The van der Waals surface area contributed by atoms with Gasteiger partial charge in [-0.3, -0.25) is 9.48 Å². The van der Waals surface area contributed by atoms with Crippen LogP contribution in [0.4, 0.5) is 0 Å². The largest absolute Gasteiger partial charge is 0.349 e. The number of carbonyl (C=O) groups excluding carboxylic acids is 1. The van der Waals surface area contributed by atoms with Gasteiger partial charge in [-0.15, -0.1) is 0 Å². The molecule has 0 aliphatic rings. The summed E-state index contributed by atoms with van der Waals surface area (Å²) < 4.78 is 1.76. The van der Waals surface area contributed by atoms with Crippen molar-refractivity contribution in [1.29, 1.82) is 0 Å². The molecule has 0 fully saturated rings. The van der Waals surface area contributed by atoms with Crippen LogP contribution in [0.15, 0.2) is 12.3 Å². The number of nitrogens with zero attached hydrogens (tertiary/aromatic N) is 2. The third kappa shape index (κ3) is 2.85. The van der Waals surface area contributed by atoms with E-state index in [1.165, 1.54) is 0 Å². The molecule has 1 amide bonds. The molecule has 0 radical (unpaired) electrons. The molecule has 1 heterocycles. The van der Waals surface area contributed by atoms with Gasteiger partial charge in [-0.25, -0.2) is 0 Å². The van der Waals surface area contributed by atoms with Gasteiger partial charge in [0.15, 0.2) is 0 Å². The molecule has 1 aromatic heterocycles. The summed E-state index contributed by atoms with van der Waals surface area (Å²) in [6, 6.07) is 1.71. The first-order valence-corrected chi connectivity index (χ1v) is 4.79. The zero-order chi connectivity index (χ0) is 10.4. The van der Waals surface area contributed by atoms with E-state index in [4.69, 9.17) is 5.73 Å². The van der Waals surface area contributed by atoms with E-state index in [1.807, 2.05) is 0 Å². The van der Waals surface area contributed by atoms with Crippen molar-refractivity contribution >= 4 is 5.91 Å². The van der Waals surface area contributed by atoms with E-state index in [2.05, 4.69) is 17.3 Å². The second kappa shape index (κ2) is 5.39. The summed E-state index contributed by atoms with van der Waals surface area (Å²) >= 11 is 0. The number of nitrogens with one attached hydrogen (secondary N) is 1. The summed E-state index contributed by atoms with van der Waals surface area (Å²) in [5.74, 6) is -0.162. The number of rotatable bonds is 5. The van der Waals surface area contributed by atoms with Crippen molar-refractivity contribution in [2.75, 3.05) is 13.1 Å². The third-order valence-electron chi connectivity index (χ3n) is 1.76. The summed E-state index contributed by atoms with van der Waals surface area (Å²) in [6.45, 7) is 3.83. The van der Waals surface area contributed by atoms with E-state index in [0.717, 1.165) is 13.0 Å². The number of aryl methyl sites for hydroxylation is 1. The van der Waals surface area contributed by atoms with Crippen LogP contribution in [-0.4, -0.2) is 28.8 Å². The van der Waals surface area contributed by atoms with Gasteiger partial charge in [-0.2, -0.15) is 5.10 Å². The molecule has 0 saturated carbocycles. The van der Waals surface area contributed by atoms with Gasteiger partial charge in [0.2, 0.25) is 0 Å². The Morgan fingerprint density at radius 3 is 3.14 bits per heavy atom. The number of amides is 1. The lowest BCUT2D eigenvalue weighted by atomic mass is 10.4. The maximum absolute atomic E-state index is 11.4. The van der Waals surface area contributed by atoms with Gasteiger partial charge in [0, 0.05) is 25.8 Å². The van der Waals surface area contributed by atoms with E-state index in [0.29, 0.717) is 18.8 Å². The molecule has 0 unspecified atom stereocenters. The minimum absolute atomic E-state index is 0.162. The van der Waals surface area contributed by atoms with Crippen LogP contribution < -0.4 is 11.1 Å². The topological polar surface area (TPSA) is 72.9 Å². The van der Waals surface area contributed by atoms with Crippen LogP contribution in [-0.2, 0) is 6.54 Å². The summed E-state index contributed by atoms with van der Waals surface area (Å²) in [7, 11) is 0. The predicted molar refractivity (Wildman–Crippen MR) is 53.9 cm³/mol. The lowest BCUT2D eigenvalue weighted by molar-refractivity contribution is 0.0949. The number of aromatic nitrogens is 2. The molecule has 0 spiro atoms. The minimum atomic E-state index is -0.162. The second-order valence-corrected chi connectivity index (χ2v) is 3.01. The fourth-order valence-electron chi connectivity index (χ4n) is 1.11. The number of carbonyl (C=O) groups is 1. The predicted octanol–water partition coefficient (Wildman–Crippen LogP) is -0.0184. The molecule has 5 nitrogen and oxygen atoms in total. The summed E-state index contributed by atoms with van der Waals surface area (Å²) in [6.07, 6.45) is 2.81. The molecule has 0 aliphatic heterocycles. The Hall–Kier alpha value is -1.36. The van der Waals surface area contributed by atoms with Crippen LogP contribution >= 0.6 is 0 Å². The highest BCUT2D eigenvalue weighted by molar-refractivity contribution is 5.92. The fourth-order valence-corrected chi connectivity index (χ4v) is 1.11. The van der Waals surface area contributed by atoms with Crippen LogP contribution in [0.5, 0.6) is 0 Å². The van der Waals surface area contributed by atoms with Gasteiger partial charge in [0.25, 0.3) is 5.91 Å². The Labute approximate surface area is 83.3 Å². The molecular formula is C9H16N4O. The Morgan fingerprint density at radius 2 is 2.50 bits per heavy atom. The molecule has 0 aliphatic carbocycles. The van der Waals surface area contributed by atoms with Crippen molar-refractivity contribution < 1.29 is 4.79 Å². The molecule has 78 valence electrons. The van der Waals surface area contributed by atoms with E-state index >= 15 is 0 Å². The number of hydrogen-bond acceptors (Lipinski definition) is 3. The molecule has 1 rings (SSSR count). The molecule has 3 N–H and O–H groups in total. The molecule has 0 aromatic carbocycles. The molecule has 0 bridgehead atoms. The monoisotopic (exact) mass is 196 g/mol. The van der Waals surface area contributed by atoms with Gasteiger partial charge >= 0.3 is 0 Å². The highest BCUT2D eigenvalue weighted by Gasteiger charge is 2.07. The van der Waals surface area contributed by atoms with Crippen molar-refractivity contribution in [2.24, 2.45) is 5.73 Å². The molecule has 1 aromatic rings. The third-order valence-corrected chi connectivity index (χ3v) is 1.76. The van der Waals surface area contributed by atoms with E-state index in [-0.39, 0.29) is 5.91 Å². The fraction of sp³-hybridized carbons (Fsp3) is 0.556. The number of nitrogens with two attached hydrogens (primary N) is 1. The molecule has 0 atom stereocenters. The van der Waals surface area contributed by atoms with Crippen LogP contribution in [0.3, 0.4) is 0 Å².